The third kappa shape index (κ3) is 9.82. The van der Waals surface area contributed by atoms with Crippen molar-refractivity contribution in [3.05, 3.63) is 35.6 Å². The van der Waals surface area contributed by atoms with Crippen molar-refractivity contribution in [1.29, 1.82) is 0 Å². The first kappa shape index (κ1) is 26.3. The van der Waals surface area contributed by atoms with E-state index in [4.69, 9.17) is 5.73 Å². The van der Waals surface area contributed by atoms with Gasteiger partial charge < -0.3 is 21.5 Å². The minimum atomic E-state index is -1.08. The van der Waals surface area contributed by atoms with Crippen LogP contribution in [0, 0.1) is 11.7 Å². The monoisotopic (exact) mass is 459 g/mol. The maximum absolute atomic E-state index is 13.2. The third-order valence-electron chi connectivity index (χ3n) is 4.55. The summed E-state index contributed by atoms with van der Waals surface area (Å²) in [5.74, 6) is -1.80. The highest BCUT2D eigenvalue weighted by Gasteiger charge is 2.25. The molecule has 0 bridgehead atoms. The summed E-state index contributed by atoms with van der Waals surface area (Å²) in [6, 6.07) is 4.19. The van der Waals surface area contributed by atoms with Gasteiger partial charge in [-0.05, 0) is 55.4 Å². The first-order valence-corrected chi connectivity index (χ1v) is 11.7. The molecule has 3 atom stereocenters. The van der Waals surface area contributed by atoms with E-state index in [1.54, 1.807) is 12.1 Å². The van der Waals surface area contributed by atoms with E-state index in [0.29, 0.717) is 38.0 Å². The predicted octanol–water partition coefficient (Wildman–Crippen LogP) is 1.46. The van der Waals surface area contributed by atoms with Crippen molar-refractivity contribution in [2.75, 3.05) is 24.3 Å². The Morgan fingerprint density at radius 1 is 1.20 bits per heavy atom. The van der Waals surface area contributed by atoms with Crippen LogP contribution in [-0.2, 0) is 20.8 Å². The normalized spacial score (nSPS) is 13.9. The Morgan fingerprint density at radius 2 is 1.87 bits per heavy atom. The first-order valence-electron chi connectivity index (χ1n) is 9.69. The number of rotatable bonds is 14. The summed E-state index contributed by atoms with van der Waals surface area (Å²) in [5, 5.41) is 14.7. The minimum Gasteiger partial charge on any atom is -0.480 e. The molecule has 168 valence electrons. The molecule has 0 saturated heterocycles. The van der Waals surface area contributed by atoms with Crippen molar-refractivity contribution < 1.29 is 23.9 Å². The predicted molar refractivity (Wildman–Crippen MR) is 120 cm³/mol. The van der Waals surface area contributed by atoms with Crippen LogP contribution in [0.3, 0.4) is 0 Å². The number of carboxylic acid groups (broad SMARTS) is 1. The summed E-state index contributed by atoms with van der Waals surface area (Å²) in [6.45, 7) is 0.336. The van der Waals surface area contributed by atoms with Crippen molar-refractivity contribution in [1.82, 2.24) is 10.6 Å². The lowest BCUT2D eigenvalue weighted by Crippen LogP contribution is -2.45. The molecular formula is C20H30FN3O4S2. The Morgan fingerprint density at radius 3 is 2.43 bits per heavy atom. The standard InChI is InChI=1S/C20H30FN3O4S2/c1-30-10-8-17(20(27)28)24-18(25)14(11-13-4-6-15(21)7-5-13)3-2-9-23-19(26)16(22)12-29/h4-7,14,16-17,29H,2-3,8-12,22H2,1H3,(H,23,26)(H,24,25)(H,27,28)/t14?,16-,17-/m0/s1. The first-order chi connectivity index (χ1) is 14.3. The lowest BCUT2D eigenvalue weighted by molar-refractivity contribution is -0.142. The summed E-state index contributed by atoms with van der Waals surface area (Å²) < 4.78 is 13.2. The summed E-state index contributed by atoms with van der Waals surface area (Å²) >= 11 is 5.48. The fourth-order valence-corrected chi connectivity index (χ4v) is 3.42. The molecule has 0 aliphatic rings. The van der Waals surface area contributed by atoms with Crippen LogP contribution in [0.15, 0.2) is 24.3 Å². The molecule has 5 N–H and O–H groups in total. The Labute approximate surface area is 186 Å². The van der Waals surface area contributed by atoms with E-state index in [-0.39, 0.29) is 23.4 Å². The average molecular weight is 460 g/mol. The molecule has 2 amide bonds. The number of benzene rings is 1. The number of aliphatic carboxylic acids is 1. The topological polar surface area (TPSA) is 122 Å². The van der Waals surface area contributed by atoms with Crippen LogP contribution in [0.1, 0.15) is 24.8 Å². The number of amides is 2. The minimum absolute atomic E-state index is 0.230. The maximum Gasteiger partial charge on any atom is 0.326 e. The number of halogens is 1. The average Bonchev–Trinajstić information content (AvgIpc) is 2.73. The van der Waals surface area contributed by atoms with Gasteiger partial charge in [-0.1, -0.05) is 12.1 Å². The maximum atomic E-state index is 13.2. The van der Waals surface area contributed by atoms with Crippen molar-refractivity contribution in [3.8, 4) is 0 Å². The van der Waals surface area contributed by atoms with Crippen LogP contribution in [0.4, 0.5) is 4.39 Å². The van der Waals surface area contributed by atoms with E-state index in [1.807, 2.05) is 6.26 Å². The molecule has 0 aliphatic carbocycles. The number of thioether (sulfide) groups is 1. The van der Waals surface area contributed by atoms with Crippen LogP contribution >= 0.6 is 24.4 Å². The smallest absolute Gasteiger partial charge is 0.326 e. The molecule has 10 heteroatoms. The Balaban J connectivity index is 2.75. The molecule has 0 saturated carbocycles. The van der Waals surface area contributed by atoms with Gasteiger partial charge in [0.25, 0.3) is 0 Å². The second-order valence-corrected chi connectivity index (χ2v) is 8.28. The van der Waals surface area contributed by atoms with E-state index in [2.05, 4.69) is 23.3 Å². The van der Waals surface area contributed by atoms with Gasteiger partial charge in [-0.2, -0.15) is 24.4 Å². The Hall–Kier alpha value is -1.78. The Bertz CT molecular complexity index is 691. The van der Waals surface area contributed by atoms with Crippen molar-refractivity contribution in [2.24, 2.45) is 11.7 Å². The second kappa shape index (κ2) is 14.3. The van der Waals surface area contributed by atoms with Crippen LogP contribution in [0.2, 0.25) is 0 Å². The van der Waals surface area contributed by atoms with Crippen molar-refractivity contribution in [3.63, 3.8) is 0 Å². The van der Waals surface area contributed by atoms with Gasteiger partial charge in [0.1, 0.15) is 11.9 Å². The Kier molecular flexibility index (Phi) is 12.5. The fourth-order valence-electron chi connectivity index (χ4n) is 2.79. The lowest BCUT2D eigenvalue weighted by Gasteiger charge is -2.21. The molecule has 0 heterocycles. The largest absolute Gasteiger partial charge is 0.480 e. The van der Waals surface area contributed by atoms with Gasteiger partial charge in [0.2, 0.25) is 11.8 Å². The molecular weight excluding hydrogens is 429 g/mol. The van der Waals surface area contributed by atoms with Crippen LogP contribution in [0.5, 0.6) is 0 Å². The molecule has 7 nitrogen and oxygen atoms in total. The zero-order valence-electron chi connectivity index (χ0n) is 17.0. The number of carbonyl (C=O) groups is 3. The summed E-state index contributed by atoms with van der Waals surface area (Å²) in [7, 11) is 0. The SMILES string of the molecule is CSCC[C@H](NC(=O)C(CCCNC(=O)[C@@H](N)CS)Cc1ccc(F)cc1)C(=O)O. The zero-order chi connectivity index (χ0) is 22.5. The highest BCUT2D eigenvalue weighted by Crippen LogP contribution is 2.16. The highest BCUT2D eigenvalue weighted by molar-refractivity contribution is 7.98. The summed E-state index contributed by atoms with van der Waals surface area (Å²) in [4.78, 5) is 36.0. The molecule has 1 aromatic rings. The third-order valence-corrected chi connectivity index (χ3v) is 5.59. The van der Waals surface area contributed by atoms with Gasteiger partial charge in [0, 0.05) is 18.2 Å². The lowest BCUT2D eigenvalue weighted by atomic mass is 9.93. The zero-order valence-corrected chi connectivity index (χ0v) is 18.7. The number of nitrogens with two attached hydrogens (primary N) is 1. The van der Waals surface area contributed by atoms with Gasteiger partial charge >= 0.3 is 5.97 Å². The quantitative estimate of drug-likeness (QED) is 0.212. The van der Waals surface area contributed by atoms with E-state index < -0.39 is 24.0 Å². The number of hydrogen-bond acceptors (Lipinski definition) is 6. The number of thiol groups is 1. The molecule has 0 radical (unpaired) electrons. The molecule has 1 aromatic carbocycles. The van der Waals surface area contributed by atoms with Crippen molar-refractivity contribution >= 4 is 42.2 Å². The number of carbonyl (C=O) groups excluding carboxylic acids is 2. The molecule has 1 unspecified atom stereocenters. The number of hydrogen-bond donors (Lipinski definition) is 5. The molecule has 1 rings (SSSR count). The second-order valence-electron chi connectivity index (χ2n) is 6.93. The van der Waals surface area contributed by atoms with E-state index in [1.165, 1.54) is 23.9 Å². The summed E-state index contributed by atoms with van der Waals surface area (Å²) in [5.41, 5.74) is 6.38. The van der Waals surface area contributed by atoms with Crippen LogP contribution in [-0.4, -0.2) is 59.3 Å². The molecule has 0 fully saturated rings. The fraction of sp³-hybridized carbons (Fsp3) is 0.550. The van der Waals surface area contributed by atoms with E-state index >= 15 is 0 Å². The van der Waals surface area contributed by atoms with Gasteiger partial charge in [0.15, 0.2) is 0 Å². The number of nitrogens with one attached hydrogen (secondary N) is 2. The van der Waals surface area contributed by atoms with Crippen LogP contribution < -0.4 is 16.4 Å². The number of carboxylic acids is 1. The molecule has 0 spiro atoms. The highest BCUT2D eigenvalue weighted by atomic mass is 32.2. The molecule has 0 aliphatic heterocycles. The van der Waals surface area contributed by atoms with E-state index in [0.717, 1.165) is 5.56 Å². The van der Waals surface area contributed by atoms with Gasteiger partial charge in [-0.25, -0.2) is 9.18 Å². The van der Waals surface area contributed by atoms with Gasteiger partial charge in [-0.3, -0.25) is 9.59 Å². The molecule has 30 heavy (non-hydrogen) atoms. The molecule has 0 aromatic heterocycles. The van der Waals surface area contributed by atoms with Gasteiger partial charge in [-0.15, -0.1) is 0 Å². The van der Waals surface area contributed by atoms with Crippen molar-refractivity contribution in [2.45, 2.75) is 37.8 Å². The summed E-state index contributed by atoms with van der Waals surface area (Å²) in [6.07, 6.45) is 3.46. The van der Waals surface area contributed by atoms with Gasteiger partial charge in [0.05, 0.1) is 6.04 Å². The van der Waals surface area contributed by atoms with E-state index in [9.17, 15) is 23.9 Å². The van der Waals surface area contributed by atoms with Crippen LogP contribution in [0.25, 0.3) is 0 Å².